The summed E-state index contributed by atoms with van der Waals surface area (Å²) >= 11 is 0. The van der Waals surface area contributed by atoms with E-state index in [2.05, 4.69) is 15.8 Å². The normalized spacial score (nSPS) is 25.9. The zero-order valence-electron chi connectivity index (χ0n) is 18.1. The van der Waals surface area contributed by atoms with E-state index in [1.54, 1.807) is 4.90 Å². The summed E-state index contributed by atoms with van der Waals surface area (Å²) in [5.41, 5.74) is -1.04. The average Bonchev–Trinajstić information content (AvgIpc) is 2.79. The van der Waals surface area contributed by atoms with Crippen molar-refractivity contribution in [2.24, 2.45) is 5.92 Å². The van der Waals surface area contributed by atoms with Crippen LogP contribution in [0.3, 0.4) is 0 Å². The van der Waals surface area contributed by atoms with Gasteiger partial charge in [-0.2, -0.15) is 13.2 Å². The van der Waals surface area contributed by atoms with Gasteiger partial charge >= 0.3 is 6.18 Å². The molecule has 0 N–H and O–H groups in total. The van der Waals surface area contributed by atoms with E-state index in [0.29, 0.717) is 36.7 Å². The number of rotatable bonds is 3. The van der Waals surface area contributed by atoms with Crippen LogP contribution in [-0.2, 0) is 20.5 Å². The highest BCUT2D eigenvalue weighted by Crippen LogP contribution is 2.34. The van der Waals surface area contributed by atoms with Crippen molar-refractivity contribution >= 4 is 27.2 Å². The third-order valence-electron chi connectivity index (χ3n) is 6.28. The van der Waals surface area contributed by atoms with E-state index in [4.69, 9.17) is 0 Å². The molecule has 0 radical (unpaired) electrons. The quantitative estimate of drug-likeness (QED) is 0.476. The average molecular weight is 503 g/mol. The fraction of sp³-hybridized carbons (Fsp3) is 0.455. The maximum absolute atomic E-state index is 14.7. The van der Waals surface area contributed by atoms with Crippen molar-refractivity contribution in [3.63, 3.8) is 0 Å². The molecule has 0 spiro atoms. The number of anilines is 1. The first kappa shape index (κ1) is 24.4. The van der Waals surface area contributed by atoms with Crippen molar-refractivity contribution in [3.05, 3.63) is 53.4 Å². The van der Waals surface area contributed by atoms with E-state index in [0.717, 1.165) is 6.07 Å². The molecule has 6 nitrogen and oxygen atoms in total. The zero-order chi connectivity index (χ0) is 24.7. The van der Waals surface area contributed by atoms with Gasteiger partial charge in [-0.1, -0.05) is 12.1 Å². The topological polar surface area (TPSA) is 66.4 Å². The maximum Gasteiger partial charge on any atom is 0.419 e. The van der Waals surface area contributed by atoms with E-state index < -0.39 is 44.9 Å². The summed E-state index contributed by atoms with van der Waals surface area (Å²) < 4.78 is 79.5. The Kier molecular flexibility index (Phi) is 6.54. The summed E-state index contributed by atoms with van der Waals surface area (Å²) in [5.74, 6) is 1.52. The Morgan fingerprint density at radius 3 is 2.35 bits per heavy atom. The second-order valence-corrected chi connectivity index (χ2v) is 11.3. The summed E-state index contributed by atoms with van der Waals surface area (Å²) in [4.78, 5) is 24.0. The first-order chi connectivity index (χ1) is 16.0. The molecule has 0 bridgehead atoms. The molecule has 1 aromatic heterocycles. The van der Waals surface area contributed by atoms with Crippen LogP contribution in [0.25, 0.3) is 0 Å². The van der Waals surface area contributed by atoms with E-state index in [1.807, 2.05) is 0 Å². The van der Waals surface area contributed by atoms with Crippen molar-refractivity contribution in [2.45, 2.75) is 25.1 Å². The number of hydrogen-bond acceptors (Lipinski definition) is 5. The van der Waals surface area contributed by atoms with Gasteiger partial charge in [0.1, 0.15) is 0 Å². The Morgan fingerprint density at radius 2 is 1.74 bits per heavy atom. The van der Waals surface area contributed by atoms with Crippen LogP contribution in [0, 0.1) is 17.6 Å². The Balaban J connectivity index is 1.62. The molecule has 12 heteroatoms. The minimum Gasteiger partial charge on any atom is -0.337 e. The lowest BCUT2D eigenvalue weighted by molar-refractivity contribution is -0.139. The number of alkyl halides is 3. The number of nitrogens with zero attached hydrogens (tertiary/aromatic N) is 4. The molecule has 1 amide bonds. The molecule has 3 heterocycles. The van der Waals surface area contributed by atoms with Gasteiger partial charge in [-0.25, -0.2) is 18.7 Å². The SMILES string of the molecule is C=S1(=O)CCC(C(=O)N2CCN(c3ncc(C(F)(F)F)cn3)C[C@H]2c2cccc(F)c2F)CC1. The molecule has 1 aromatic carbocycles. The molecule has 2 aliphatic heterocycles. The summed E-state index contributed by atoms with van der Waals surface area (Å²) in [6, 6.07) is 2.78. The highest BCUT2D eigenvalue weighted by atomic mass is 32.2. The predicted molar refractivity (Wildman–Crippen MR) is 118 cm³/mol. The van der Waals surface area contributed by atoms with Gasteiger partial charge in [0.2, 0.25) is 11.9 Å². The largest absolute Gasteiger partial charge is 0.419 e. The molecule has 2 fully saturated rings. The second-order valence-electron chi connectivity index (χ2n) is 8.55. The van der Waals surface area contributed by atoms with Gasteiger partial charge < -0.3 is 9.80 Å². The highest BCUT2D eigenvalue weighted by Gasteiger charge is 2.39. The van der Waals surface area contributed by atoms with Crippen LogP contribution >= 0.6 is 0 Å². The number of benzene rings is 1. The Labute approximate surface area is 193 Å². The van der Waals surface area contributed by atoms with Gasteiger partial charge in [-0.15, -0.1) is 0 Å². The summed E-state index contributed by atoms with van der Waals surface area (Å²) in [6.45, 7) is 0.277. The van der Waals surface area contributed by atoms with Crippen molar-refractivity contribution < 1.29 is 31.0 Å². The van der Waals surface area contributed by atoms with Gasteiger partial charge in [-0.05, 0) is 34.3 Å². The van der Waals surface area contributed by atoms with Crippen LogP contribution < -0.4 is 4.90 Å². The Hall–Kier alpha value is -2.76. The number of carbonyl (C=O) groups excluding carboxylic acids is 1. The van der Waals surface area contributed by atoms with E-state index in [1.165, 1.54) is 17.0 Å². The number of aromatic nitrogens is 2. The number of carbonyl (C=O) groups is 1. The lowest BCUT2D eigenvalue weighted by Crippen LogP contribution is -2.53. The maximum atomic E-state index is 14.7. The summed E-state index contributed by atoms with van der Waals surface area (Å²) in [5, 5.41) is 0. The summed E-state index contributed by atoms with van der Waals surface area (Å²) in [6.07, 6.45) is -2.48. The third-order valence-corrected chi connectivity index (χ3v) is 8.24. The molecule has 2 saturated heterocycles. The van der Waals surface area contributed by atoms with Gasteiger partial charge in [-0.3, -0.25) is 9.00 Å². The predicted octanol–water partition coefficient (Wildman–Crippen LogP) is 3.29. The molecule has 2 aliphatic rings. The standard InChI is InChI=1S/C22H23F5N4O2S/c1-34(33)9-5-14(6-10-34)20(32)31-8-7-30(21-28-11-15(12-29-21)22(25,26)27)13-18(31)16-3-2-4-17(23)19(16)24/h2-4,11-12,14,18H,1,5-10,13H2/t14?,18-,34?/m0/s1. The van der Waals surface area contributed by atoms with Crippen molar-refractivity contribution in [1.29, 1.82) is 0 Å². The van der Waals surface area contributed by atoms with Crippen LogP contribution in [0.2, 0.25) is 0 Å². The molecular formula is C22H23F5N4O2S. The van der Waals surface area contributed by atoms with Crippen molar-refractivity contribution in [2.75, 3.05) is 36.0 Å². The highest BCUT2D eigenvalue weighted by molar-refractivity contribution is 8.00. The molecule has 2 aromatic rings. The van der Waals surface area contributed by atoms with Crippen LogP contribution in [0.1, 0.15) is 30.0 Å². The Morgan fingerprint density at radius 1 is 1.09 bits per heavy atom. The van der Waals surface area contributed by atoms with Crippen molar-refractivity contribution in [3.8, 4) is 0 Å². The van der Waals surface area contributed by atoms with Gasteiger partial charge in [0.05, 0.1) is 11.6 Å². The smallest absolute Gasteiger partial charge is 0.337 e. The van der Waals surface area contributed by atoms with Crippen LogP contribution in [0.5, 0.6) is 0 Å². The zero-order valence-corrected chi connectivity index (χ0v) is 18.9. The number of halogens is 5. The minimum absolute atomic E-state index is 0.00336. The monoisotopic (exact) mass is 502 g/mol. The minimum atomic E-state index is -4.59. The van der Waals surface area contributed by atoms with Gasteiger partial charge in [0.25, 0.3) is 0 Å². The molecule has 1 atom stereocenters. The number of piperazine rings is 1. The number of amides is 1. The lowest BCUT2D eigenvalue weighted by Gasteiger charge is -2.43. The van der Waals surface area contributed by atoms with Crippen molar-refractivity contribution in [1.82, 2.24) is 14.9 Å². The third kappa shape index (κ3) is 5.01. The fourth-order valence-corrected chi connectivity index (χ4v) is 5.98. The molecule has 4 rings (SSSR count). The molecular weight excluding hydrogens is 479 g/mol. The van der Waals surface area contributed by atoms with E-state index in [9.17, 15) is 31.0 Å². The molecule has 34 heavy (non-hydrogen) atoms. The van der Waals surface area contributed by atoms with Gasteiger partial charge in [0, 0.05) is 55.0 Å². The van der Waals surface area contributed by atoms with E-state index >= 15 is 0 Å². The van der Waals surface area contributed by atoms with Crippen LogP contribution in [0.4, 0.5) is 27.9 Å². The lowest BCUT2D eigenvalue weighted by atomic mass is 9.96. The number of hydrogen-bond donors (Lipinski definition) is 0. The molecule has 0 aliphatic carbocycles. The molecule has 0 unspecified atom stereocenters. The van der Waals surface area contributed by atoms with E-state index in [-0.39, 0.29) is 37.1 Å². The molecule has 0 saturated carbocycles. The molecule has 184 valence electrons. The van der Waals surface area contributed by atoms with Crippen LogP contribution in [-0.4, -0.2) is 62.0 Å². The first-order valence-corrected chi connectivity index (χ1v) is 12.7. The van der Waals surface area contributed by atoms with Crippen LogP contribution in [0.15, 0.2) is 30.6 Å². The fourth-order valence-electron chi connectivity index (χ4n) is 4.35. The summed E-state index contributed by atoms with van der Waals surface area (Å²) in [7, 11) is -2.20. The second kappa shape index (κ2) is 9.12. The van der Waals surface area contributed by atoms with Gasteiger partial charge in [0.15, 0.2) is 11.6 Å². The Bertz CT molecular complexity index is 1160. The first-order valence-electron chi connectivity index (χ1n) is 10.7.